The van der Waals surface area contributed by atoms with Crippen molar-refractivity contribution >= 4 is 11.9 Å². The number of methoxy groups -OCH3 is 1. The molecule has 3 aliphatic rings. The van der Waals surface area contributed by atoms with Gasteiger partial charge in [0.2, 0.25) is 0 Å². The van der Waals surface area contributed by atoms with Gasteiger partial charge in [0.15, 0.2) is 0 Å². The number of cyclic esters (lactones) is 1. The predicted octanol–water partition coefficient (Wildman–Crippen LogP) is 7.54. The maximum absolute atomic E-state index is 11.7. The topological polar surface area (TPSA) is 152 Å². The lowest BCUT2D eigenvalue weighted by atomic mass is 10.00. The van der Waals surface area contributed by atoms with Gasteiger partial charge in [-0.3, -0.25) is 4.79 Å². The molecule has 9 atom stereocenters. The van der Waals surface area contributed by atoms with E-state index in [1.165, 1.54) is 52.1 Å². The highest BCUT2D eigenvalue weighted by atomic mass is 16.6. The Bertz CT molecular complexity index is 1000. The Morgan fingerprint density at radius 3 is 1.50 bits per heavy atom. The summed E-state index contributed by atoms with van der Waals surface area (Å²) in [4.78, 5) is 22.9. The zero-order valence-corrected chi connectivity index (χ0v) is 32.6. The first-order valence-electron chi connectivity index (χ1n) is 21.2. The average Bonchev–Trinajstić information content (AvgIpc) is 3.89. The number of carbonyl (C=O) groups excluding carboxylic acids is 2. The molecule has 0 aromatic carbocycles. The Labute approximate surface area is 314 Å². The van der Waals surface area contributed by atoms with E-state index in [-0.39, 0.29) is 48.9 Å². The van der Waals surface area contributed by atoms with Gasteiger partial charge >= 0.3 is 11.9 Å². The molecule has 0 spiro atoms. The summed E-state index contributed by atoms with van der Waals surface area (Å²) in [6.45, 7) is 1.83. The van der Waals surface area contributed by atoms with Gasteiger partial charge in [0.25, 0.3) is 0 Å². The van der Waals surface area contributed by atoms with E-state index in [1.54, 1.807) is 0 Å². The lowest BCUT2D eigenvalue weighted by molar-refractivity contribution is -0.141. The van der Waals surface area contributed by atoms with Gasteiger partial charge in [-0.05, 0) is 70.8 Å². The van der Waals surface area contributed by atoms with Crippen molar-refractivity contribution in [3.05, 3.63) is 11.6 Å². The number of ether oxygens (including phenoxy) is 4. The zero-order chi connectivity index (χ0) is 37.6. The largest absolute Gasteiger partial charge is 0.469 e. The second-order valence-corrected chi connectivity index (χ2v) is 16.0. The maximum atomic E-state index is 11.7. The molecule has 0 aromatic rings. The van der Waals surface area contributed by atoms with Crippen LogP contribution in [0.25, 0.3) is 0 Å². The van der Waals surface area contributed by atoms with Crippen LogP contribution in [-0.2, 0) is 28.5 Å². The third kappa shape index (κ3) is 18.2. The van der Waals surface area contributed by atoms with Crippen molar-refractivity contribution in [3.8, 4) is 0 Å². The van der Waals surface area contributed by atoms with E-state index >= 15 is 0 Å². The van der Waals surface area contributed by atoms with E-state index in [0.29, 0.717) is 18.4 Å². The fourth-order valence-corrected chi connectivity index (χ4v) is 8.12. The summed E-state index contributed by atoms with van der Waals surface area (Å²) in [6.07, 6.45) is 25.3. The van der Waals surface area contributed by atoms with Gasteiger partial charge < -0.3 is 39.4 Å². The number of aliphatic hydroxyl groups is 4. The highest BCUT2D eigenvalue weighted by molar-refractivity contribution is 5.90. The van der Waals surface area contributed by atoms with Crippen LogP contribution in [0.15, 0.2) is 11.6 Å². The molecule has 52 heavy (non-hydrogen) atoms. The molecule has 0 aromatic heterocycles. The normalized spacial score (nSPS) is 25.5. The molecule has 0 unspecified atom stereocenters. The molecule has 0 radical (unpaired) electrons. The highest BCUT2D eigenvalue weighted by Crippen LogP contribution is 2.35. The molecule has 3 aliphatic heterocycles. The van der Waals surface area contributed by atoms with E-state index in [1.807, 2.05) is 13.0 Å². The number of hydrogen-bond donors (Lipinski definition) is 4. The number of esters is 2. The summed E-state index contributed by atoms with van der Waals surface area (Å²) in [5.41, 5.74) is 0.608. The third-order valence-corrected chi connectivity index (χ3v) is 11.4. The lowest BCUT2D eigenvalue weighted by Crippen LogP contribution is -2.33. The fourth-order valence-electron chi connectivity index (χ4n) is 8.12. The van der Waals surface area contributed by atoms with Gasteiger partial charge in [-0.1, -0.05) is 103 Å². The van der Waals surface area contributed by atoms with Crippen LogP contribution in [0, 0.1) is 0 Å². The van der Waals surface area contributed by atoms with E-state index < -0.39 is 24.4 Å². The fraction of sp³-hybridized carbons (Fsp3) is 0.905. The van der Waals surface area contributed by atoms with Crippen LogP contribution >= 0.6 is 0 Å². The van der Waals surface area contributed by atoms with Crippen molar-refractivity contribution in [1.82, 2.24) is 0 Å². The van der Waals surface area contributed by atoms with Crippen LogP contribution < -0.4 is 0 Å². The number of hydrogen-bond acceptors (Lipinski definition) is 10. The van der Waals surface area contributed by atoms with Crippen molar-refractivity contribution in [1.29, 1.82) is 0 Å². The van der Waals surface area contributed by atoms with E-state index in [2.05, 4.69) is 4.74 Å². The number of unbranched alkanes of at least 4 members (excludes halogenated alkanes) is 14. The molecule has 0 aliphatic carbocycles. The second kappa shape index (κ2) is 26.3. The lowest BCUT2D eigenvalue weighted by Gasteiger charge is -2.24. The third-order valence-electron chi connectivity index (χ3n) is 11.4. The van der Waals surface area contributed by atoms with Crippen LogP contribution in [-0.4, -0.2) is 94.4 Å². The predicted molar refractivity (Wildman–Crippen MR) is 202 cm³/mol. The summed E-state index contributed by atoms with van der Waals surface area (Å²) < 4.78 is 22.3. The van der Waals surface area contributed by atoms with Gasteiger partial charge in [0.1, 0.15) is 6.10 Å². The molecular formula is C42H74O10. The van der Waals surface area contributed by atoms with Crippen molar-refractivity contribution in [3.63, 3.8) is 0 Å². The molecule has 2 fully saturated rings. The van der Waals surface area contributed by atoms with Gasteiger partial charge in [-0.25, -0.2) is 4.79 Å². The van der Waals surface area contributed by atoms with Gasteiger partial charge in [-0.15, -0.1) is 0 Å². The Balaban J connectivity index is 1.10. The summed E-state index contributed by atoms with van der Waals surface area (Å²) in [5, 5.41) is 41.8. The van der Waals surface area contributed by atoms with Crippen LogP contribution in [0.2, 0.25) is 0 Å². The summed E-state index contributed by atoms with van der Waals surface area (Å²) in [5.74, 6) is -0.552. The first-order valence-corrected chi connectivity index (χ1v) is 21.2. The summed E-state index contributed by atoms with van der Waals surface area (Å²) in [7, 11) is 1.37. The smallest absolute Gasteiger partial charge is 0.334 e. The van der Waals surface area contributed by atoms with Crippen LogP contribution in [0.5, 0.6) is 0 Å². The molecule has 2 saturated heterocycles. The Hall–Kier alpha value is -1.56. The SMILES string of the molecule is COC(=O)CC[C@H](O)CCCCCCCCCC[C@@H](O)[C@H]1CC[C@H]([C@H]2CC[C@H]([C@H](O)CCCCCCCCCC[C@@H](O)CC3=C[C@H](C)OC3=O)O2)O1. The minimum atomic E-state index is -0.476. The molecule has 0 saturated carbocycles. The van der Waals surface area contributed by atoms with Crippen molar-refractivity contribution in [2.24, 2.45) is 0 Å². The zero-order valence-electron chi connectivity index (χ0n) is 32.6. The Kier molecular flexibility index (Phi) is 22.7. The number of rotatable bonds is 30. The Morgan fingerprint density at radius 1 is 0.654 bits per heavy atom. The van der Waals surface area contributed by atoms with Gasteiger partial charge in [0.05, 0.1) is 55.9 Å². The first-order chi connectivity index (χ1) is 25.2. The second-order valence-electron chi connectivity index (χ2n) is 16.0. The molecule has 3 rings (SSSR count). The molecule has 3 heterocycles. The summed E-state index contributed by atoms with van der Waals surface area (Å²) >= 11 is 0. The van der Waals surface area contributed by atoms with E-state index in [0.717, 1.165) is 109 Å². The van der Waals surface area contributed by atoms with Crippen LogP contribution in [0.1, 0.15) is 180 Å². The molecule has 302 valence electrons. The maximum Gasteiger partial charge on any atom is 0.334 e. The monoisotopic (exact) mass is 739 g/mol. The molecule has 10 nitrogen and oxygen atoms in total. The van der Waals surface area contributed by atoms with E-state index in [9.17, 15) is 30.0 Å². The van der Waals surface area contributed by atoms with Gasteiger partial charge in [0, 0.05) is 18.4 Å². The van der Waals surface area contributed by atoms with Crippen molar-refractivity contribution in [2.75, 3.05) is 7.11 Å². The van der Waals surface area contributed by atoms with Crippen LogP contribution in [0.4, 0.5) is 0 Å². The average molecular weight is 739 g/mol. The number of carbonyl (C=O) groups is 2. The summed E-state index contributed by atoms with van der Waals surface area (Å²) in [6, 6.07) is 0. The minimum Gasteiger partial charge on any atom is -0.469 e. The minimum absolute atomic E-state index is 0.0149. The van der Waals surface area contributed by atoms with Gasteiger partial charge in [-0.2, -0.15) is 0 Å². The quantitative estimate of drug-likeness (QED) is 0.0430. The van der Waals surface area contributed by atoms with Crippen LogP contribution in [0.3, 0.4) is 0 Å². The van der Waals surface area contributed by atoms with Crippen molar-refractivity contribution in [2.45, 2.75) is 235 Å². The Morgan fingerprint density at radius 2 is 1.08 bits per heavy atom. The molecule has 0 bridgehead atoms. The molecule has 10 heteroatoms. The first kappa shape index (κ1) is 44.8. The molecule has 0 amide bonds. The number of aliphatic hydroxyl groups excluding tert-OH is 4. The highest BCUT2D eigenvalue weighted by Gasteiger charge is 2.40. The van der Waals surface area contributed by atoms with Crippen molar-refractivity contribution < 1.29 is 49.0 Å². The standard InChI is InChI=1S/C42H74O10/c1-31-29-32(42(48)50-31)30-34(44)20-16-12-8-4-6-10-14-18-22-36(46)38-25-27-40(52-38)39-26-24-37(51-39)35(45)21-17-13-9-5-3-7-11-15-19-33(43)23-28-41(47)49-2/h29,31,33-40,43-46H,3-28,30H2,1-2H3/t31-,33+,34+,35+,36+,37+,38+,39+,40+/m0/s1. The molecule has 4 N–H and O–H groups in total. The van der Waals surface area contributed by atoms with E-state index in [4.69, 9.17) is 14.2 Å². The molecular weight excluding hydrogens is 664 g/mol.